The molecule has 1 aliphatic heterocycles. The molecule has 0 N–H and O–H groups in total. The van der Waals surface area contributed by atoms with Crippen molar-refractivity contribution >= 4 is 34.9 Å². The fraction of sp³-hybridized carbons (Fsp3) is 0.350. The molecule has 0 spiro atoms. The van der Waals surface area contributed by atoms with Crippen LogP contribution in [0.1, 0.15) is 12.5 Å². The van der Waals surface area contributed by atoms with Gasteiger partial charge in [0, 0.05) is 50.0 Å². The summed E-state index contributed by atoms with van der Waals surface area (Å²) in [5.41, 5.74) is 1.47. The topological polar surface area (TPSA) is 56.8 Å². The van der Waals surface area contributed by atoms with Crippen LogP contribution in [-0.4, -0.2) is 54.4 Å². The number of nitrogens with zero attached hydrogens (tertiary/aromatic N) is 4. The van der Waals surface area contributed by atoms with Gasteiger partial charge in [0.15, 0.2) is 0 Å². The highest BCUT2D eigenvalue weighted by molar-refractivity contribution is 6.31. The number of benzene rings is 1. The molecule has 1 aromatic heterocycles. The molecule has 1 fully saturated rings. The van der Waals surface area contributed by atoms with Crippen LogP contribution in [0.4, 0.5) is 11.5 Å². The van der Waals surface area contributed by atoms with Crippen LogP contribution < -0.4 is 9.80 Å². The van der Waals surface area contributed by atoms with Crippen LogP contribution in [0, 0.1) is 6.92 Å². The molecular weight excluding hydrogens is 364 g/mol. The first-order valence-electron chi connectivity index (χ1n) is 8.94. The van der Waals surface area contributed by atoms with Gasteiger partial charge in [-0.05, 0) is 36.8 Å². The molecule has 1 aromatic carbocycles. The van der Waals surface area contributed by atoms with Crippen LogP contribution in [-0.2, 0) is 9.59 Å². The van der Waals surface area contributed by atoms with Crippen LogP contribution >= 0.6 is 11.6 Å². The maximum atomic E-state index is 12.8. The molecule has 1 saturated heterocycles. The first-order valence-corrected chi connectivity index (χ1v) is 9.32. The van der Waals surface area contributed by atoms with E-state index in [9.17, 15) is 9.59 Å². The molecule has 2 aromatic rings. The summed E-state index contributed by atoms with van der Waals surface area (Å²) in [5, 5.41) is 0.579. The largest absolute Gasteiger partial charge is 0.353 e. The second kappa shape index (κ2) is 8.39. The summed E-state index contributed by atoms with van der Waals surface area (Å²) in [6.45, 7) is 5.99. The van der Waals surface area contributed by atoms with Gasteiger partial charge in [-0.15, -0.1) is 0 Å². The highest BCUT2D eigenvalue weighted by Gasteiger charge is 2.25. The van der Waals surface area contributed by atoms with Crippen LogP contribution in [0.5, 0.6) is 0 Å². The first kappa shape index (κ1) is 19.2. The number of hydrogen-bond acceptors (Lipinski definition) is 4. The fourth-order valence-electron chi connectivity index (χ4n) is 3.22. The van der Waals surface area contributed by atoms with Gasteiger partial charge in [0.25, 0.3) is 0 Å². The number of hydrogen-bond donors (Lipinski definition) is 0. The van der Waals surface area contributed by atoms with Crippen LogP contribution in [0.15, 0.2) is 42.6 Å². The Morgan fingerprint density at radius 1 is 1.11 bits per heavy atom. The molecule has 0 atom stereocenters. The van der Waals surface area contributed by atoms with Crippen molar-refractivity contribution in [3.63, 3.8) is 0 Å². The minimum absolute atomic E-state index is 0.0140. The molecule has 0 bridgehead atoms. The van der Waals surface area contributed by atoms with Gasteiger partial charge < -0.3 is 14.7 Å². The van der Waals surface area contributed by atoms with E-state index < -0.39 is 0 Å². The molecule has 0 unspecified atom stereocenters. The number of pyridine rings is 1. The number of anilines is 2. The Kier molecular flexibility index (Phi) is 5.96. The molecule has 6 nitrogen and oxygen atoms in total. The van der Waals surface area contributed by atoms with E-state index in [0.29, 0.717) is 23.8 Å². The van der Waals surface area contributed by atoms with Crippen LogP contribution in [0.2, 0.25) is 5.02 Å². The third-order valence-corrected chi connectivity index (χ3v) is 5.22. The van der Waals surface area contributed by atoms with E-state index in [1.807, 2.05) is 31.2 Å². The van der Waals surface area contributed by atoms with Crippen molar-refractivity contribution in [2.24, 2.45) is 0 Å². The SMILES string of the molecule is CC(=O)N(CC(=O)N1CCN(c2ccccn2)CC1)c1cccc(Cl)c1C. The molecule has 3 rings (SSSR count). The molecule has 0 saturated carbocycles. The van der Waals surface area contributed by atoms with Crippen molar-refractivity contribution in [1.82, 2.24) is 9.88 Å². The molecular formula is C20H23ClN4O2. The Morgan fingerprint density at radius 2 is 1.85 bits per heavy atom. The minimum Gasteiger partial charge on any atom is -0.353 e. The summed E-state index contributed by atoms with van der Waals surface area (Å²) in [5.74, 6) is 0.676. The zero-order chi connectivity index (χ0) is 19.4. The van der Waals surface area contributed by atoms with Gasteiger partial charge in [0.1, 0.15) is 12.4 Å². The van der Waals surface area contributed by atoms with Gasteiger partial charge in [-0.3, -0.25) is 9.59 Å². The van der Waals surface area contributed by atoms with Crippen molar-refractivity contribution in [2.75, 3.05) is 42.5 Å². The van der Waals surface area contributed by atoms with Gasteiger partial charge in [0.2, 0.25) is 11.8 Å². The van der Waals surface area contributed by atoms with Gasteiger partial charge in [-0.2, -0.15) is 0 Å². The van der Waals surface area contributed by atoms with E-state index >= 15 is 0 Å². The maximum absolute atomic E-state index is 12.8. The number of halogens is 1. The Hall–Kier alpha value is -2.60. The summed E-state index contributed by atoms with van der Waals surface area (Å²) in [6.07, 6.45) is 1.77. The molecule has 2 amide bonds. The summed E-state index contributed by atoms with van der Waals surface area (Å²) >= 11 is 6.18. The highest BCUT2D eigenvalue weighted by Crippen LogP contribution is 2.26. The standard InChI is InChI=1S/C20H23ClN4O2/c1-15-17(21)6-5-7-18(15)25(16(2)26)14-20(27)24-12-10-23(11-13-24)19-8-3-4-9-22-19/h3-9H,10-14H2,1-2H3. The van der Waals surface area contributed by atoms with Gasteiger partial charge in [0.05, 0.1) is 0 Å². The van der Waals surface area contributed by atoms with Crippen molar-refractivity contribution in [3.8, 4) is 0 Å². The maximum Gasteiger partial charge on any atom is 0.242 e. The van der Waals surface area contributed by atoms with Crippen molar-refractivity contribution in [2.45, 2.75) is 13.8 Å². The second-order valence-electron chi connectivity index (χ2n) is 6.54. The monoisotopic (exact) mass is 386 g/mol. The number of aromatic nitrogens is 1. The molecule has 142 valence electrons. The predicted molar refractivity (Wildman–Crippen MR) is 107 cm³/mol. The van der Waals surface area contributed by atoms with Gasteiger partial charge in [-0.1, -0.05) is 23.7 Å². The summed E-state index contributed by atoms with van der Waals surface area (Å²) < 4.78 is 0. The van der Waals surface area contributed by atoms with Gasteiger partial charge >= 0.3 is 0 Å². The number of rotatable bonds is 4. The van der Waals surface area contributed by atoms with Crippen LogP contribution in [0.3, 0.4) is 0 Å². The van der Waals surface area contributed by atoms with Gasteiger partial charge in [-0.25, -0.2) is 4.98 Å². The normalized spacial score (nSPS) is 14.2. The number of piperazine rings is 1. The number of carbonyl (C=O) groups excluding carboxylic acids is 2. The lowest BCUT2D eigenvalue weighted by atomic mass is 10.1. The Bertz CT molecular complexity index is 820. The van der Waals surface area contributed by atoms with Crippen molar-refractivity contribution in [1.29, 1.82) is 0 Å². The first-order chi connectivity index (χ1) is 13.0. The highest BCUT2D eigenvalue weighted by atomic mass is 35.5. The van der Waals surface area contributed by atoms with Crippen molar-refractivity contribution < 1.29 is 9.59 Å². The van der Waals surface area contributed by atoms with E-state index in [0.717, 1.165) is 24.5 Å². The van der Waals surface area contributed by atoms with Crippen molar-refractivity contribution in [3.05, 3.63) is 53.2 Å². The lowest BCUT2D eigenvalue weighted by molar-refractivity contribution is -0.131. The molecule has 1 aliphatic rings. The zero-order valence-electron chi connectivity index (χ0n) is 15.6. The van der Waals surface area contributed by atoms with Crippen LogP contribution in [0.25, 0.3) is 0 Å². The number of amides is 2. The summed E-state index contributed by atoms with van der Waals surface area (Å²) in [4.78, 5) is 34.8. The smallest absolute Gasteiger partial charge is 0.242 e. The lowest BCUT2D eigenvalue weighted by Gasteiger charge is -2.36. The third kappa shape index (κ3) is 4.39. The summed E-state index contributed by atoms with van der Waals surface area (Å²) in [6, 6.07) is 11.2. The molecule has 2 heterocycles. The Balaban J connectivity index is 1.65. The van der Waals surface area contributed by atoms with E-state index in [4.69, 9.17) is 11.6 Å². The van der Waals surface area contributed by atoms with E-state index in [-0.39, 0.29) is 18.4 Å². The zero-order valence-corrected chi connectivity index (χ0v) is 16.3. The minimum atomic E-state index is -0.180. The van der Waals surface area contributed by atoms with E-state index in [1.54, 1.807) is 23.2 Å². The molecule has 7 heteroatoms. The fourth-order valence-corrected chi connectivity index (χ4v) is 3.39. The second-order valence-corrected chi connectivity index (χ2v) is 6.95. The third-order valence-electron chi connectivity index (χ3n) is 4.81. The lowest BCUT2D eigenvalue weighted by Crippen LogP contribution is -2.52. The Labute approximate surface area is 164 Å². The molecule has 0 radical (unpaired) electrons. The molecule has 27 heavy (non-hydrogen) atoms. The number of carbonyl (C=O) groups is 2. The predicted octanol–water partition coefficient (Wildman–Crippen LogP) is 2.75. The average molecular weight is 387 g/mol. The molecule has 0 aliphatic carbocycles. The Morgan fingerprint density at radius 3 is 2.48 bits per heavy atom. The van der Waals surface area contributed by atoms with E-state index in [1.165, 1.54) is 11.8 Å². The quantitative estimate of drug-likeness (QED) is 0.810. The summed E-state index contributed by atoms with van der Waals surface area (Å²) in [7, 11) is 0. The average Bonchev–Trinajstić information content (AvgIpc) is 2.69. The van der Waals surface area contributed by atoms with E-state index in [2.05, 4.69) is 9.88 Å².